The molecule has 2 rings (SSSR count). The van der Waals surface area contributed by atoms with E-state index in [1.54, 1.807) is 0 Å². The molecule has 1 saturated carbocycles. The Labute approximate surface area is 104 Å². The summed E-state index contributed by atoms with van der Waals surface area (Å²) in [5.74, 6) is 0.212. The van der Waals surface area contributed by atoms with Crippen LogP contribution in [0.25, 0.3) is 0 Å². The molecular weight excluding hydrogens is 224 g/mol. The van der Waals surface area contributed by atoms with Gasteiger partial charge in [-0.05, 0) is 37.6 Å². The highest BCUT2D eigenvalue weighted by atomic mass is 35.5. The van der Waals surface area contributed by atoms with E-state index in [2.05, 4.69) is 17.6 Å². The molecule has 2 N–H and O–H groups in total. The van der Waals surface area contributed by atoms with Gasteiger partial charge in [0.1, 0.15) is 0 Å². The Morgan fingerprint density at radius 1 is 1.50 bits per heavy atom. The van der Waals surface area contributed by atoms with Crippen LogP contribution < -0.4 is 10.6 Å². The molecule has 1 heterocycles. The monoisotopic (exact) mass is 246 g/mol. The molecule has 1 amide bonds. The van der Waals surface area contributed by atoms with Crippen LogP contribution in [0.3, 0.4) is 0 Å². The second-order valence-corrected chi connectivity index (χ2v) is 5.12. The molecule has 0 radical (unpaired) electrons. The van der Waals surface area contributed by atoms with Gasteiger partial charge in [0.05, 0.1) is 6.04 Å². The summed E-state index contributed by atoms with van der Waals surface area (Å²) in [5.41, 5.74) is 0.453. The van der Waals surface area contributed by atoms with Crippen molar-refractivity contribution in [3.05, 3.63) is 0 Å². The maximum Gasteiger partial charge on any atom is 0.237 e. The first-order valence-electron chi connectivity index (χ1n) is 6.27. The van der Waals surface area contributed by atoms with E-state index in [9.17, 15) is 4.79 Å². The summed E-state index contributed by atoms with van der Waals surface area (Å²) in [7, 11) is 0. The number of hydrogen-bond donors (Lipinski definition) is 2. The van der Waals surface area contributed by atoms with E-state index < -0.39 is 0 Å². The van der Waals surface area contributed by atoms with Gasteiger partial charge in [-0.1, -0.05) is 19.8 Å². The van der Waals surface area contributed by atoms with Gasteiger partial charge in [0.15, 0.2) is 0 Å². The molecule has 1 atom stereocenters. The lowest BCUT2D eigenvalue weighted by Crippen LogP contribution is -2.55. The fourth-order valence-corrected chi connectivity index (χ4v) is 2.63. The lowest BCUT2D eigenvalue weighted by molar-refractivity contribution is -0.125. The van der Waals surface area contributed by atoms with Crippen LogP contribution in [-0.2, 0) is 4.79 Å². The topological polar surface area (TPSA) is 41.1 Å². The van der Waals surface area contributed by atoms with Crippen LogP contribution in [0.2, 0.25) is 0 Å². The van der Waals surface area contributed by atoms with Crippen molar-refractivity contribution in [1.82, 2.24) is 10.6 Å². The molecule has 0 aromatic carbocycles. The molecule has 4 heteroatoms. The Hall–Kier alpha value is -0.280. The SMILES string of the molecule is CCCC1(CNC(=O)[C@H]2CCN2)CCC1.Cl. The lowest BCUT2D eigenvalue weighted by atomic mass is 9.66. The van der Waals surface area contributed by atoms with Gasteiger partial charge >= 0.3 is 0 Å². The van der Waals surface area contributed by atoms with Crippen LogP contribution in [0.4, 0.5) is 0 Å². The third-order valence-electron chi connectivity index (χ3n) is 3.97. The van der Waals surface area contributed by atoms with Crippen molar-refractivity contribution in [3.8, 4) is 0 Å². The Bertz CT molecular complexity index is 237. The molecule has 2 aliphatic rings. The predicted molar refractivity (Wildman–Crippen MR) is 67.9 cm³/mol. The zero-order chi connectivity index (χ0) is 10.7. The normalized spacial score (nSPS) is 25.9. The van der Waals surface area contributed by atoms with Gasteiger partial charge in [0.25, 0.3) is 0 Å². The molecule has 0 spiro atoms. The van der Waals surface area contributed by atoms with Crippen LogP contribution in [-0.4, -0.2) is 25.0 Å². The summed E-state index contributed by atoms with van der Waals surface area (Å²) in [6.45, 7) is 4.13. The third kappa shape index (κ3) is 2.89. The average Bonchev–Trinajstić information content (AvgIpc) is 2.06. The van der Waals surface area contributed by atoms with Crippen molar-refractivity contribution in [1.29, 1.82) is 0 Å². The quantitative estimate of drug-likeness (QED) is 0.778. The number of nitrogens with one attached hydrogen (secondary N) is 2. The molecule has 1 saturated heterocycles. The van der Waals surface area contributed by atoms with E-state index >= 15 is 0 Å². The second-order valence-electron chi connectivity index (χ2n) is 5.12. The van der Waals surface area contributed by atoms with E-state index in [1.165, 1.54) is 32.1 Å². The van der Waals surface area contributed by atoms with Crippen LogP contribution in [0, 0.1) is 5.41 Å². The largest absolute Gasteiger partial charge is 0.354 e. The molecular formula is C12H23ClN2O. The summed E-state index contributed by atoms with van der Waals surface area (Å²) < 4.78 is 0. The summed E-state index contributed by atoms with van der Waals surface area (Å²) in [4.78, 5) is 11.6. The number of halogens is 1. The van der Waals surface area contributed by atoms with Crippen LogP contribution in [0.5, 0.6) is 0 Å². The summed E-state index contributed by atoms with van der Waals surface area (Å²) in [6, 6.07) is 0.101. The standard InChI is InChI=1S/C12H22N2O.ClH/c1-2-5-12(6-3-7-12)9-14-11(15)10-4-8-13-10;/h10,13H,2-9H2,1H3,(H,14,15);1H/t10-;/m1./s1. The fourth-order valence-electron chi connectivity index (χ4n) is 2.63. The van der Waals surface area contributed by atoms with E-state index in [0.717, 1.165) is 19.5 Å². The minimum absolute atomic E-state index is 0. The zero-order valence-electron chi connectivity index (χ0n) is 10.1. The summed E-state index contributed by atoms with van der Waals surface area (Å²) >= 11 is 0. The van der Waals surface area contributed by atoms with Gasteiger partial charge in [0.2, 0.25) is 5.91 Å². The molecule has 1 aliphatic carbocycles. The molecule has 0 unspecified atom stereocenters. The Kier molecular flexibility index (Phi) is 5.06. The average molecular weight is 247 g/mol. The van der Waals surface area contributed by atoms with Gasteiger partial charge in [-0.15, -0.1) is 12.4 Å². The van der Waals surface area contributed by atoms with Crippen molar-refractivity contribution in [2.75, 3.05) is 13.1 Å². The van der Waals surface area contributed by atoms with Gasteiger partial charge < -0.3 is 10.6 Å². The third-order valence-corrected chi connectivity index (χ3v) is 3.97. The maximum absolute atomic E-state index is 11.6. The molecule has 2 fully saturated rings. The molecule has 1 aliphatic heterocycles. The van der Waals surface area contributed by atoms with E-state index in [0.29, 0.717) is 5.41 Å². The first-order valence-corrected chi connectivity index (χ1v) is 6.27. The predicted octanol–water partition coefficient (Wildman–Crippen LogP) is 1.86. The highest BCUT2D eigenvalue weighted by molar-refractivity contribution is 5.85. The van der Waals surface area contributed by atoms with Crippen LogP contribution in [0.1, 0.15) is 45.4 Å². The number of hydrogen-bond acceptors (Lipinski definition) is 2. The molecule has 94 valence electrons. The van der Waals surface area contributed by atoms with Crippen molar-refractivity contribution < 1.29 is 4.79 Å². The molecule has 0 bridgehead atoms. The zero-order valence-corrected chi connectivity index (χ0v) is 10.9. The van der Waals surface area contributed by atoms with Gasteiger partial charge in [-0.25, -0.2) is 0 Å². The minimum atomic E-state index is 0. The van der Waals surface area contributed by atoms with Crippen LogP contribution >= 0.6 is 12.4 Å². The van der Waals surface area contributed by atoms with Crippen molar-refractivity contribution in [2.24, 2.45) is 5.41 Å². The molecule has 16 heavy (non-hydrogen) atoms. The number of rotatable bonds is 5. The highest BCUT2D eigenvalue weighted by Gasteiger charge is 2.36. The van der Waals surface area contributed by atoms with Crippen molar-refractivity contribution in [2.45, 2.75) is 51.5 Å². The Morgan fingerprint density at radius 3 is 2.56 bits per heavy atom. The highest BCUT2D eigenvalue weighted by Crippen LogP contribution is 2.44. The van der Waals surface area contributed by atoms with Crippen LogP contribution in [0.15, 0.2) is 0 Å². The fraction of sp³-hybridized carbons (Fsp3) is 0.917. The van der Waals surface area contributed by atoms with Gasteiger partial charge in [0, 0.05) is 6.54 Å². The molecule has 3 nitrogen and oxygen atoms in total. The minimum Gasteiger partial charge on any atom is -0.354 e. The first kappa shape index (κ1) is 13.8. The Balaban J connectivity index is 0.00000128. The number of carbonyl (C=O) groups is 1. The van der Waals surface area contributed by atoms with Crippen molar-refractivity contribution in [3.63, 3.8) is 0 Å². The molecule has 0 aromatic heterocycles. The number of carbonyl (C=O) groups excluding carboxylic acids is 1. The van der Waals surface area contributed by atoms with Gasteiger partial charge in [-0.2, -0.15) is 0 Å². The van der Waals surface area contributed by atoms with E-state index in [1.807, 2.05) is 0 Å². The van der Waals surface area contributed by atoms with E-state index in [4.69, 9.17) is 0 Å². The molecule has 0 aromatic rings. The first-order chi connectivity index (χ1) is 7.26. The summed E-state index contributed by atoms with van der Waals surface area (Å²) in [5, 5.41) is 6.25. The second kappa shape index (κ2) is 5.87. The van der Waals surface area contributed by atoms with Crippen molar-refractivity contribution >= 4 is 18.3 Å². The summed E-state index contributed by atoms with van der Waals surface area (Å²) in [6.07, 6.45) is 7.46. The van der Waals surface area contributed by atoms with Gasteiger partial charge in [-0.3, -0.25) is 4.79 Å². The number of amides is 1. The smallest absolute Gasteiger partial charge is 0.237 e. The maximum atomic E-state index is 11.6. The Morgan fingerprint density at radius 2 is 2.19 bits per heavy atom. The van der Waals surface area contributed by atoms with E-state index in [-0.39, 0.29) is 24.4 Å². The lowest BCUT2D eigenvalue weighted by Gasteiger charge is -2.42.